The van der Waals surface area contributed by atoms with Gasteiger partial charge in [0, 0.05) is 35.3 Å². The molecular formula is C26H28N4O3. The first-order valence-electron chi connectivity index (χ1n) is 12.0. The summed E-state index contributed by atoms with van der Waals surface area (Å²) in [5, 5.41) is 0.966. The number of fused-ring (bicyclic) bond motifs is 2. The molecule has 1 aromatic carbocycles. The molecule has 1 aliphatic carbocycles. The smallest absolute Gasteiger partial charge is 0.290 e. The minimum atomic E-state index is -0.221. The van der Waals surface area contributed by atoms with E-state index >= 15 is 0 Å². The molecule has 1 atom stereocenters. The number of amides is 2. The van der Waals surface area contributed by atoms with Crippen LogP contribution in [0.15, 0.2) is 28.7 Å². The minimum Gasteiger partial charge on any atom is -0.451 e. The van der Waals surface area contributed by atoms with Gasteiger partial charge in [0.25, 0.3) is 5.91 Å². The molecular weight excluding hydrogens is 416 g/mol. The summed E-state index contributed by atoms with van der Waals surface area (Å²) in [6.45, 7) is 5.28. The molecule has 1 saturated heterocycles. The van der Waals surface area contributed by atoms with Crippen LogP contribution in [0.1, 0.15) is 71.3 Å². The summed E-state index contributed by atoms with van der Waals surface area (Å²) < 4.78 is 5.99. The number of anilines is 1. The molecule has 0 unspecified atom stereocenters. The Hall–Kier alpha value is -3.22. The highest BCUT2D eigenvalue weighted by Gasteiger charge is 2.38. The van der Waals surface area contributed by atoms with Crippen LogP contribution in [0.25, 0.3) is 11.0 Å². The summed E-state index contributed by atoms with van der Waals surface area (Å²) in [6, 6.07) is 7.53. The lowest BCUT2D eigenvalue weighted by atomic mass is 10.00. The van der Waals surface area contributed by atoms with Crippen molar-refractivity contribution < 1.29 is 14.0 Å². The van der Waals surface area contributed by atoms with Crippen LogP contribution in [-0.4, -0.2) is 39.8 Å². The molecule has 7 heteroatoms. The lowest BCUT2D eigenvalue weighted by Gasteiger charge is -2.34. The van der Waals surface area contributed by atoms with Crippen molar-refractivity contribution in [2.24, 2.45) is 5.92 Å². The molecule has 4 heterocycles. The lowest BCUT2D eigenvalue weighted by molar-refractivity contribution is -0.117. The van der Waals surface area contributed by atoms with Gasteiger partial charge in [-0.1, -0.05) is 18.2 Å². The van der Waals surface area contributed by atoms with Gasteiger partial charge in [-0.05, 0) is 57.9 Å². The fourth-order valence-corrected chi connectivity index (χ4v) is 5.24. The SMILES string of the molecule is Cc1nc([C@H]2CCCCN2C(=O)c2oc3ccccc3c2C)nc2c1CC(=O)N2CC1CC1. The minimum absolute atomic E-state index is 0.110. The largest absolute Gasteiger partial charge is 0.451 e. The number of rotatable bonds is 4. The van der Waals surface area contributed by atoms with Gasteiger partial charge in [0.15, 0.2) is 11.6 Å². The van der Waals surface area contributed by atoms with Crippen LogP contribution in [0.3, 0.4) is 0 Å². The Morgan fingerprint density at radius 2 is 1.94 bits per heavy atom. The van der Waals surface area contributed by atoms with Crippen molar-refractivity contribution >= 4 is 28.6 Å². The van der Waals surface area contributed by atoms with E-state index in [0.29, 0.717) is 30.5 Å². The first-order chi connectivity index (χ1) is 16.0. The third-order valence-corrected chi connectivity index (χ3v) is 7.33. The van der Waals surface area contributed by atoms with E-state index in [2.05, 4.69) is 0 Å². The number of hydrogen-bond donors (Lipinski definition) is 0. The molecule has 2 amide bonds. The van der Waals surface area contributed by atoms with E-state index in [1.807, 2.05) is 47.9 Å². The van der Waals surface area contributed by atoms with Gasteiger partial charge < -0.3 is 9.32 Å². The second-order valence-corrected chi connectivity index (χ2v) is 9.66. The second kappa shape index (κ2) is 7.68. The number of nitrogens with zero attached hydrogens (tertiary/aromatic N) is 4. The van der Waals surface area contributed by atoms with Gasteiger partial charge in [-0.3, -0.25) is 14.5 Å². The fraction of sp³-hybridized carbons (Fsp3) is 0.462. The van der Waals surface area contributed by atoms with Gasteiger partial charge in [-0.15, -0.1) is 0 Å². The van der Waals surface area contributed by atoms with E-state index in [9.17, 15) is 9.59 Å². The van der Waals surface area contributed by atoms with Crippen molar-refractivity contribution in [1.82, 2.24) is 14.9 Å². The number of benzene rings is 1. The van der Waals surface area contributed by atoms with Crippen LogP contribution in [0.4, 0.5) is 5.82 Å². The number of carbonyl (C=O) groups excluding carboxylic acids is 2. The molecule has 7 nitrogen and oxygen atoms in total. The fourth-order valence-electron chi connectivity index (χ4n) is 5.24. The Labute approximate surface area is 192 Å². The average Bonchev–Trinajstić information content (AvgIpc) is 3.52. The maximum absolute atomic E-state index is 13.7. The Morgan fingerprint density at radius 1 is 1.12 bits per heavy atom. The van der Waals surface area contributed by atoms with Crippen molar-refractivity contribution in [3.8, 4) is 0 Å². The Kier molecular flexibility index (Phi) is 4.75. The van der Waals surface area contributed by atoms with Gasteiger partial charge in [-0.25, -0.2) is 9.97 Å². The summed E-state index contributed by atoms with van der Waals surface area (Å²) in [6.07, 6.45) is 5.49. The number of furan rings is 1. The zero-order valence-electron chi connectivity index (χ0n) is 19.1. The third kappa shape index (κ3) is 3.41. The van der Waals surface area contributed by atoms with E-state index in [0.717, 1.165) is 59.4 Å². The van der Waals surface area contributed by atoms with Crippen LogP contribution in [-0.2, 0) is 11.2 Å². The van der Waals surface area contributed by atoms with Gasteiger partial charge in [0.05, 0.1) is 12.5 Å². The van der Waals surface area contributed by atoms with Gasteiger partial charge in [0.1, 0.15) is 11.4 Å². The molecule has 170 valence electrons. The molecule has 6 rings (SSSR count). The second-order valence-electron chi connectivity index (χ2n) is 9.66. The predicted octanol–water partition coefficient (Wildman–Crippen LogP) is 4.51. The highest BCUT2D eigenvalue weighted by molar-refractivity contribution is 6.01. The molecule has 2 aliphatic heterocycles. The highest BCUT2D eigenvalue weighted by atomic mass is 16.3. The normalized spacial score (nSPS) is 20.5. The van der Waals surface area contributed by atoms with Crippen molar-refractivity contribution in [3.63, 3.8) is 0 Å². The maximum atomic E-state index is 13.7. The molecule has 33 heavy (non-hydrogen) atoms. The molecule has 3 aromatic rings. The highest BCUT2D eigenvalue weighted by Crippen LogP contribution is 2.38. The number of para-hydroxylation sites is 1. The summed E-state index contributed by atoms with van der Waals surface area (Å²) in [5.41, 5.74) is 3.38. The first-order valence-corrected chi connectivity index (χ1v) is 12.0. The maximum Gasteiger partial charge on any atom is 0.290 e. The quantitative estimate of drug-likeness (QED) is 0.592. The zero-order chi connectivity index (χ0) is 22.7. The van der Waals surface area contributed by atoms with Gasteiger partial charge >= 0.3 is 0 Å². The van der Waals surface area contributed by atoms with Crippen LogP contribution in [0.2, 0.25) is 0 Å². The predicted molar refractivity (Wildman–Crippen MR) is 124 cm³/mol. The molecule has 2 fully saturated rings. The molecule has 2 aromatic heterocycles. The van der Waals surface area contributed by atoms with E-state index < -0.39 is 0 Å². The molecule has 3 aliphatic rings. The van der Waals surface area contributed by atoms with E-state index in [4.69, 9.17) is 14.4 Å². The Bertz CT molecular complexity index is 1280. The number of aromatic nitrogens is 2. The first kappa shape index (κ1) is 20.4. The lowest BCUT2D eigenvalue weighted by Crippen LogP contribution is -2.39. The monoisotopic (exact) mass is 444 g/mol. The van der Waals surface area contributed by atoms with Gasteiger partial charge in [0.2, 0.25) is 5.91 Å². The topological polar surface area (TPSA) is 79.5 Å². The van der Waals surface area contributed by atoms with Crippen LogP contribution >= 0.6 is 0 Å². The summed E-state index contributed by atoms with van der Waals surface area (Å²) in [7, 11) is 0. The van der Waals surface area contributed by atoms with E-state index in [1.165, 1.54) is 12.8 Å². The molecule has 0 radical (unpaired) electrons. The molecule has 0 bridgehead atoms. The van der Waals surface area contributed by atoms with Crippen LogP contribution in [0, 0.1) is 19.8 Å². The Balaban J connectivity index is 1.36. The van der Waals surface area contributed by atoms with Crippen molar-refractivity contribution in [2.75, 3.05) is 18.0 Å². The zero-order valence-corrected chi connectivity index (χ0v) is 19.1. The van der Waals surface area contributed by atoms with Crippen molar-refractivity contribution in [3.05, 3.63) is 52.7 Å². The molecule has 0 N–H and O–H groups in total. The van der Waals surface area contributed by atoms with E-state index in [1.54, 1.807) is 0 Å². The third-order valence-electron chi connectivity index (χ3n) is 7.33. The number of likely N-dealkylation sites (tertiary alicyclic amines) is 1. The number of carbonyl (C=O) groups is 2. The molecule has 0 spiro atoms. The van der Waals surface area contributed by atoms with Crippen molar-refractivity contribution in [1.29, 1.82) is 0 Å². The number of piperidine rings is 1. The average molecular weight is 445 g/mol. The number of aryl methyl sites for hydroxylation is 2. The van der Waals surface area contributed by atoms with Crippen molar-refractivity contribution in [2.45, 2.75) is 58.4 Å². The number of hydrogen-bond acceptors (Lipinski definition) is 5. The molecule has 1 saturated carbocycles. The Morgan fingerprint density at radius 3 is 2.73 bits per heavy atom. The summed E-state index contributed by atoms with van der Waals surface area (Å²) in [4.78, 5) is 39.8. The standard InChI is InChI=1S/C26H28N4O3/c1-15-18-7-3-4-9-21(18)33-23(15)26(32)29-12-6-5-8-20(29)24-27-16(2)19-13-22(31)30(25(19)28-24)14-17-10-11-17/h3-4,7,9,17,20H,5-6,8,10-14H2,1-2H3/t20-/m1/s1. The summed E-state index contributed by atoms with van der Waals surface area (Å²) in [5.74, 6) is 2.38. The van der Waals surface area contributed by atoms with Crippen LogP contribution in [0.5, 0.6) is 0 Å². The van der Waals surface area contributed by atoms with Crippen LogP contribution < -0.4 is 4.90 Å². The summed E-state index contributed by atoms with van der Waals surface area (Å²) >= 11 is 0. The van der Waals surface area contributed by atoms with Gasteiger partial charge in [-0.2, -0.15) is 0 Å². The van der Waals surface area contributed by atoms with E-state index in [-0.39, 0.29) is 17.9 Å².